The Hall–Kier alpha value is -2.65. The van der Waals surface area contributed by atoms with E-state index in [1.54, 1.807) is 30.3 Å². The summed E-state index contributed by atoms with van der Waals surface area (Å²) < 4.78 is 67.8. The van der Waals surface area contributed by atoms with Gasteiger partial charge in [0.15, 0.2) is 0 Å². The molecule has 0 aliphatic carbocycles. The van der Waals surface area contributed by atoms with E-state index in [2.05, 4.69) is 20.9 Å². The van der Waals surface area contributed by atoms with Crippen LogP contribution in [-0.2, 0) is 16.2 Å². The first-order valence-electron chi connectivity index (χ1n) is 8.74. The quantitative estimate of drug-likeness (QED) is 0.349. The van der Waals surface area contributed by atoms with Gasteiger partial charge in [-0.3, -0.25) is 4.98 Å². The van der Waals surface area contributed by atoms with Gasteiger partial charge in [-0.1, -0.05) is 33.6 Å². The molecule has 0 aliphatic heterocycles. The largest absolute Gasteiger partial charge is 0.416 e. The molecule has 0 bridgehead atoms. The fourth-order valence-corrected chi connectivity index (χ4v) is 4.88. The summed E-state index contributed by atoms with van der Waals surface area (Å²) in [6, 6.07) is 13.1. The maximum Gasteiger partial charge on any atom is 0.416 e. The summed E-state index contributed by atoms with van der Waals surface area (Å²) >= 11 is 3.34. The van der Waals surface area contributed by atoms with E-state index in [9.17, 15) is 21.6 Å². The zero-order chi connectivity index (χ0) is 21.7. The molecule has 0 amide bonds. The minimum absolute atomic E-state index is 0.0331. The zero-order valence-corrected chi connectivity index (χ0v) is 17.9. The number of fused-ring (bicyclic) bond motifs is 1. The predicted octanol–water partition coefficient (Wildman–Crippen LogP) is 6.03. The Bertz CT molecular complexity index is 1360. The van der Waals surface area contributed by atoms with Gasteiger partial charge in [0.25, 0.3) is 10.0 Å². The monoisotopic (exact) mass is 494 g/mol. The number of benzene rings is 2. The van der Waals surface area contributed by atoms with Gasteiger partial charge in [-0.2, -0.15) is 13.2 Å². The Kier molecular flexibility index (Phi) is 4.98. The van der Waals surface area contributed by atoms with Gasteiger partial charge in [0, 0.05) is 27.8 Å². The smallest absolute Gasteiger partial charge is 0.256 e. The summed E-state index contributed by atoms with van der Waals surface area (Å²) in [5.74, 6) is 0. The van der Waals surface area contributed by atoms with Crippen molar-refractivity contribution in [2.45, 2.75) is 18.0 Å². The molecule has 0 N–H and O–H groups in total. The normalized spacial score (nSPS) is 12.4. The maximum atomic E-state index is 13.3. The van der Waals surface area contributed by atoms with Crippen molar-refractivity contribution in [3.05, 3.63) is 82.6 Å². The van der Waals surface area contributed by atoms with Crippen LogP contribution in [0, 0.1) is 6.92 Å². The van der Waals surface area contributed by atoms with Crippen LogP contribution in [0.3, 0.4) is 0 Å². The molecule has 154 valence electrons. The van der Waals surface area contributed by atoms with Crippen LogP contribution < -0.4 is 0 Å². The van der Waals surface area contributed by atoms with E-state index < -0.39 is 21.8 Å². The van der Waals surface area contributed by atoms with E-state index in [1.807, 2.05) is 6.92 Å². The van der Waals surface area contributed by atoms with Crippen molar-refractivity contribution in [2.24, 2.45) is 0 Å². The molecule has 0 fully saturated rings. The van der Waals surface area contributed by atoms with Crippen LogP contribution in [0.25, 0.3) is 22.2 Å². The molecule has 0 saturated carbocycles. The lowest BCUT2D eigenvalue weighted by Gasteiger charge is -2.08. The van der Waals surface area contributed by atoms with Crippen molar-refractivity contribution in [3.63, 3.8) is 0 Å². The van der Waals surface area contributed by atoms with Crippen LogP contribution in [0.4, 0.5) is 13.2 Å². The lowest BCUT2D eigenvalue weighted by atomic mass is 10.1. The molecule has 2 heterocycles. The summed E-state index contributed by atoms with van der Waals surface area (Å²) in [4.78, 5) is 4.14. The van der Waals surface area contributed by atoms with Crippen molar-refractivity contribution in [1.82, 2.24) is 8.96 Å². The van der Waals surface area contributed by atoms with Crippen LogP contribution in [0.5, 0.6) is 0 Å². The minimum Gasteiger partial charge on any atom is -0.256 e. The van der Waals surface area contributed by atoms with Gasteiger partial charge in [0.2, 0.25) is 0 Å². The number of rotatable bonds is 3. The zero-order valence-electron chi connectivity index (χ0n) is 15.5. The van der Waals surface area contributed by atoms with E-state index in [-0.39, 0.29) is 16.2 Å². The Morgan fingerprint density at radius 1 is 1.00 bits per heavy atom. The molecule has 0 saturated heterocycles. The standard InChI is InChI=1S/C21H14BrF3N2O2S/c1-13-2-5-16(6-3-13)30(28,29)27-12-18(17-11-15(22)4-7-20(17)27)19-10-14(8-9-26-19)21(23,24)25/h2-12H,1H3. The summed E-state index contributed by atoms with van der Waals surface area (Å²) in [5.41, 5.74) is 0.709. The molecule has 0 radical (unpaired) electrons. The van der Waals surface area contributed by atoms with Gasteiger partial charge in [-0.15, -0.1) is 0 Å². The Morgan fingerprint density at radius 3 is 2.37 bits per heavy atom. The van der Waals surface area contributed by atoms with Gasteiger partial charge < -0.3 is 0 Å². The fourth-order valence-electron chi connectivity index (χ4n) is 3.15. The molecule has 0 spiro atoms. The highest BCUT2D eigenvalue weighted by atomic mass is 79.9. The second-order valence-electron chi connectivity index (χ2n) is 6.75. The number of halogens is 4. The van der Waals surface area contributed by atoms with Crippen LogP contribution in [0.2, 0.25) is 0 Å². The highest BCUT2D eigenvalue weighted by Crippen LogP contribution is 2.36. The van der Waals surface area contributed by atoms with E-state index in [1.165, 1.54) is 18.3 Å². The number of hydrogen-bond acceptors (Lipinski definition) is 3. The lowest BCUT2D eigenvalue weighted by molar-refractivity contribution is -0.137. The molecule has 0 atom stereocenters. The SMILES string of the molecule is Cc1ccc(S(=O)(=O)n2cc(-c3cc(C(F)(F)F)ccn3)c3cc(Br)ccc32)cc1. The molecule has 4 nitrogen and oxygen atoms in total. The van der Waals surface area contributed by atoms with E-state index in [0.29, 0.717) is 15.4 Å². The van der Waals surface area contributed by atoms with Crippen LogP contribution in [0.15, 0.2) is 76.4 Å². The number of nitrogens with zero attached hydrogens (tertiary/aromatic N) is 2. The van der Waals surface area contributed by atoms with Crippen molar-refractivity contribution in [1.29, 1.82) is 0 Å². The molecule has 0 aliphatic rings. The Balaban J connectivity index is 1.98. The summed E-state index contributed by atoms with van der Waals surface area (Å²) in [7, 11) is -3.97. The highest BCUT2D eigenvalue weighted by molar-refractivity contribution is 9.10. The average Bonchev–Trinajstić information content (AvgIpc) is 3.07. The number of pyridine rings is 1. The van der Waals surface area contributed by atoms with Crippen molar-refractivity contribution in [2.75, 3.05) is 0 Å². The summed E-state index contributed by atoms with van der Waals surface area (Å²) in [5, 5.41) is 0.465. The molecule has 30 heavy (non-hydrogen) atoms. The van der Waals surface area contributed by atoms with Crippen molar-refractivity contribution >= 4 is 36.9 Å². The third-order valence-electron chi connectivity index (χ3n) is 4.67. The maximum absolute atomic E-state index is 13.3. The third kappa shape index (κ3) is 3.63. The van der Waals surface area contributed by atoms with E-state index in [0.717, 1.165) is 27.9 Å². The van der Waals surface area contributed by atoms with Crippen LogP contribution >= 0.6 is 15.9 Å². The summed E-state index contributed by atoms with van der Waals surface area (Å²) in [6.07, 6.45) is -2.16. The first kappa shape index (κ1) is 20.6. The van der Waals surface area contributed by atoms with Crippen molar-refractivity contribution < 1.29 is 21.6 Å². The Morgan fingerprint density at radius 2 is 1.70 bits per heavy atom. The molecule has 4 rings (SSSR count). The number of hydrogen-bond donors (Lipinski definition) is 0. The van der Waals surface area contributed by atoms with E-state index >= 15 is 0 Å². The second kappa shape index (κ2) is 7.24. The molecule has 9 heteroatoms. The van der Waals surface area contributed by atoms with Gasteiger partial charge in [-0.25, -0.2) is 12.4 Å². The second-order valence-corrected chi connectivity index (χ2v) is 9.48. The molecular formula is C21H14BrF3N2O2S. The first-order chi connectivity index (χ1) is 14.1. The van der Waals surface area contributed by atoms with Gasteiger partial charge in [-0.05, 0) is 49.4 Å². The molecule has 2 aromatic heterocycles. The first-order valence-corrected chi connectivity index (χ1v) is 11.0. The number of aromatic nitrogens is 2. The van der Waals surface area contributed by atoms with Gasteiger partial charge in [0.1, 0.15) is 0 Å². The molecule has 4 aromatic rings. The Labute approximate surface area is 179 Å². The van der Waals surface area contributed by atoms with Gasteiger partial charge >= 0.3 is 6.18 Å². The lowest BCUT2D eigenvalue weighted by Crippen LogP contribution is -2.11. The molecule has 2 aromatic carbocycles. The minimum atomic E-state index is -4.54. The topological polar surface area (TPSA) is 52.0 Å². The highest BCUT2D eigenvalue weighted by Gasteiger charge is 2.31. The average molecular weight is 495 g/mol. The number of aryl methyl sites for hydroxylation is 1. The third-order valence-corrected chi connectivity index (χ3v) is 6.85. The van der Waals surface area contributed by atoms with E-state index in [4.69, 9.17) is 0 Å². The number of alkyl halides is 3. The fraction of sp³-hybridized carbons (Fsp3) is 0.0952. The molecular weight excluding hydrogens is 481 g/mol. The van der Waals surface area contributed by atoms with Crippen molar-refractivity contribution in [3.8, 4) is 11.3 Å². The summed E-state index contributed by atoms with van der Waals surface area (Å²) in [6.45, 7) is 1.84. The van der Waals surface area contributed by atoms with Gasteiger partial charge in [0.05, 0.1) is 21.7 Å². The van der Waals surface area contributed by atoms with Crippen LogP contribution in [0.1, 0.15) is 11.1 Å². The molecule has 0 unspecified atom stereocenters. The van der Waals surface area contributed by atoms with Crippen LogP contribution in [-0.4, -0.2) is 17.4 Å². The predicted molar refractivity (Wildman–Crippen MR) is 112 cm³/mol.